The molecule has 0 saturated heterocycles. The number of aromatic nitrogens is 3. The molecule has 0 aliphatic rings. The largest absolute Gasteiger partial charge is 0.363 e. The number of hydrogen-bond donors (Lipinski definition) is 1. The van der Waals surface area contributed by atoms with E-state index in [9.17, 15) is 0 Å². The van der Waals surface area contributed by atoms with Crippen molar-refractivity contribution in [2.75, 3.05) is 12.4 Å². The molecule has 2 aromatic heterocycles. The number of nitrogens with zero attached hydrogens (tertiary/aromatic N) is 3. The van der Waals surface area contributed by atoms with Crippen molar-refractivity contribution in [3.63, 3.8) is 0 Å². The van der Waals surface area contributed by atoms with Crippen LogP contribution in [0.2, 0.25) is 5.02 Å². The molecule has 3 aromatic rings. The van der Waals surface area contributed by atoms with E-state index >= 15 is 0 Å². The predicted octanol–water partition coefficient (Wildman–Crippen LogP) is 4.57. The van der Waals surface area contributed by atoms with E-state index < -0.39 is 0 Å². The van der Waals surface area contributed by atoms with Crippen LogP contribution < -0.4 is 5.32 Å². The minimum Gasteiger partial charge on any atom is -0.363 e. The summed E-state index contributed by atoms with van der Waals surface area (Å²) >= 11 is 10.8. The second-order valence-electron chi connectivity index (χ2n) is 4.45. The zero-order valence-electron chi connectivity index (χ0n) is 11.7. The molecule has 0 saturated carbocycles. The van der Waals surface area contributed by atoms with Crippen LogP contribution in [0.1, 0.15) is 16.3 Å². The van der Waals surface area contributed by atoms with Gasteiger partial charge in [-0.15, -0.1) is 21.5 Å². The SMILES string of the molecule is CNc1nnc(SCc2csc(Cc3ccc(Cl)cc3)n2)s1. The van der Waals surface area contributed by atoms with Gasteiger partial charge in [0.1, 0.15) is 0 Å². The molecule has 0 fully saturated rings. The summed E-state index contributed by atoms with van der Waals surface area (Å²) in [6.07, 6.45) is 0.842. The van der Waals surface area contributed by atoms with Crippen LogP contribution in [0.5, 0.6) is 0 Å². The Kier molecular flexibility index (Phi) is 5.30. The molecule has 0 atom stereocenters. The average Bonchev–Trinajstić information content (AvgIpc) is 3.16. The van der Waals surface area contributed by atoms with Crippen molar-refractivity contribution in [2.24, 2.45) is 0 Å². The van der Waals surface area contributed by atoms with Crippen LogP contribution in [-0.4, -0.2) is 22.2 Å². The van der Waals surface area contributed by atoms with Crippen LogP contribution in [0.4, 0.5) is 5.13 Å². The lowest BCUT2D eigenvalue weighted by molar-refractivity contribution is 1.01. The van der Waals surface area contributed by atoms with Crippen LogP contribution in [0.3, 0.4) is 0 Å². The molecular weight excluding hydrogens is 356 g/mol. The number of anilines is 1. The van der Waals surface area contributed by atoms with Gasteiger partial charge >= 0.3 is 0 Å². The molecule has 0 unspecified atom stereocenters. The Labute approximate surface area is 146 Å². The monoisotopic (exact) mass is 368 g/mol. The van der Waals surface area contributed by atoms with E-state index in [4.69, 9.17) is 11.6 Å². The lowest BCUT2D eigenvalue weighted by Gasteiger charge is -1.98. The third-order valence-electron chi connectivity index (χ3n) is 2.83. The highest BCUT2D eigenvalue weighted by molar-refractivity contribution is 8.00. The maximum Gasteiger partial charge on any atom is 0.206 e. The van der Waals surface area contributed by atoms with Gasteiger partial charge in [-0.2, -0.15) is 0 Å². The summed E-state index contributed by atoms with van der Waals surface area (Å²) in [6, 6.07) is 7.91. The fourth-order valence-corrected chi connectivity index (χ4v) is 4.44. The molecule has 8 heteroatoms. The molecule has 22 heavy (non-hydrogen) atoms. The zero-order valence-corrected chi connectivity index (χ0v) is 15.0. The van der Waals surface area contributed by atoms with Gasteiger partial charge in [-0.05, 0) is 17.7 Å². The number of hydrogen-bond acceptors (Lipinski definition) is 7. The van der Waals surface area contributed by atoms with Gasteiger partial charge in [0.25, 0.3) is 0 Å². The van der Waals surface area contributed by atoms with E-state index in [0.29, 0.717) is 0 Å². The molecule has 1 N–H and O–H groups in total. The molecule has 0 aliphatic carbocycles. The standard InChI is InChI=1S/C14H13ClN4S3/c1-16-13-18-19-14(22-13)21-8-11-7-20-12(17-11)6-9-2-4-10(15)5-3-9/h2-5,7H,6,8H2,1H3,(H,16,18). The third-order valence-corrected chi connectivity index (χ3v) is 6.09. The number of halogens is 1. The number of nitrogens with one attached hydrogen (secondary N) is 1. The zero-order chi connectivity index (χ0) is 15.4. The second kappa shape index (κ2) is 7.41. The molecule has 0 amide bonds. The van der Waals surface area contributed by atoms with E-state index in [-0.39, 0.29) is 0 Å². The van der Waals surface area contributed by atoms with Crippen molar-refractivity contribution in [1.29, 1.82) is 0 Å². The van der Waals surface area contributed by atoms with E-state index in [1.807, 2.05) is 31.3 Å². The van der Waals surface area contributed by atoms with Gasteiger partial charge in [-0.3, -0.25) is 0 Å². The smallest absolute Gasteiger partial charge is 0.206 e. The van der Waals surface area contributed by atoms with Crippen molar-refractivity contribution in [3.05, 3.63) is 50.9 Å². The van der Waals surface area contributed by atoms with Crippen LogP contribution in [0, 0.1) is 0 Å². The Morgan fingerprint density at radius 2 is 2.05 bits per heavy atom. The number of rotatable bonds is 6. The van der Waals surface area contributed by atoms with Crippen molar-refractivity contribution in [2.45, 2.75) is 16.5 Å². The van der Waals surface area contributed by atoms with Gasteiger partial charge in [0.05, 0.1) is 10.7 Å². The molecule has 0 bridgehead atoms. The van der Waals surface area contributed by atoms with Gasteiger partial charge < -0.3 is 5.32 Å². The topological polar surface area (TPSA) is 50.7 Å². The van der Waals surface area contributed by atoms with E-state index in [1.165, 1.54) is 5.56 Å². The first-order chi connectivity index (χ1) is 10.7. The maximum atomic E-state index is 5.90. The minimum atomic E-state index is 0.762. The number of benzene rings is 1. The molecule has 0 spiro atoms. The summed E-state index contributed by atoms with van der Waals surface area (Å²) < 4.78 is 0.955. The predicted molar refractivity (Wildman–Crippen MR) is 95.4 cm³/mol. The highest BCUT2D eigenvalue weighted by Crippen LogP contribution is 2.28. The molecular formula is C14H13ClN4S3. The maximum absolute atomic E-state index is 5.90. The Balaban J connectivity index is 1.57. The van der Waals surface area contributed by atoms with Crippen LogP contribution in [0.15, 0.2) is 34.0 Å². The normalized spacial score (nSPS) is 10.8. The van der Waals surface area contributed by atoms with Gasteiger partial charge in [0.15, 0.2) is 4.34 Å². The summed E-state index contributed by atoms with van der Waals surface area (Å²) in [7, 11) is 1.85. The molecule has 1 aromatic carbocycles. The van der Waals surface area contributed by atoms with Gasteiger partial charge in [-0.1, -0.05) is 46.8 Å². The lowest BCUT2D eigenvalue weighted by atomic mass is 10.2. The molecule has 0 aliphatic heterocycles. The van der Waals surface area contributed by atoms with E-state index in [0.717, 1.165) is 37.4 Å². The fourth-order valence-electron chi connectivity index (χ4n) is 1.78. The fraction of sp³-hybridized carbons (Fsp3) is 0.214. The Morgan fingerprint density at radius 1 is 1.23 bits per heavy atom. The quantitative estimate of drug-likeness (QED) is 0.646. The molecule has 3 rings (SSSR count). The number of thioether (sulfide) groups is 1. The van der Waals surface area contributed by atoms with Gasteiger partial charge in [0, 0.05) is 29.6 Å². The van der Waals surface area contributed by atoms with Crippen LogP contribution >= 0.6 is 46.0 Å². The van der Waals surface area contributed by atoms with Crippen molar-refractivity contribution in [1.82, 2.24) is 15.2 Å². The van der Waals surface area contributed by atoms with E-state index in [1.54, 1.807) is 34.4 Å². The summed E-state index contributed by atoms with van der Waals surface area (Å²) in [5.74, 6) is 0.815. The third kappa shape index (κ3) is 4.19. The van der Waals surface area contributed by atoms with Crippen LogP contribution in [-0.2, 0) is 12.2 Å². The summed E-state index contributed by atoms with van der Waals surface area (Å²) in [6.45, 7) is 0. The lowest BCUT2D eigenvalue weighted by Crippen LogP contribution is -1.88. The summed E-state index contributed by atoms with van der Waals surface area (Å²) in [5.41, 5.74) is 2.31. The Bertz CT molecular complexity index is 739. The Hall–Kier alpha value is -1.15. The first-order valence-corrected chi connectivity index (χ1v) is 9.60. The van der Waals surface area contributed by atoms with Crippen molar-refractivity contribution >= 4 is 51.2 Å². The first-order valence-electron chi connectivity index (χ1n) is 6.54. The van der Waals surface area contributed by atoms with Crippen LogP contribution in [0.25, 0.3) is 0 Å². The summed E-state index contributed by atoms with van der Waals surface area (Å²) in [4.78, 5) is 4.68. The molecule has 0 radical (unpaired) electrons. The van der Waals surface area contributed by atoms with Gasteiger partial charge in [0.2, 0.25) is 5.13 Å². The minimum absolute atomic E-state index is 0.762. The second-order valence-corrected chi connectivity index (χ2v) is 8.03. The van der Waals surface area contributed by atoms with Gasteiger partial charge in [-0.25, -0.2) is 4.98 Å². The van der Waals surface area contributed by atoms with E-state index in [2.05, 4.69) is 25.9 Å². The number of thiazole rings is 1. The highest BCUT2D eigenvalue weighted by atomic mass is 35.5. The van der Waals surface area contributed by atoms with Crippen molar-refractivity contribution < 1.29 is 0 Å². The average molecular weight is 369 g/mol. The Morgan fingerprint density at radius 3 is 2.77 bits per heavy atom. The first kappa shape index (κ1) is 15.7. The summed E-state index contributed by atoms with van der Waals surface area (Å²) in [5, 5.41) is 16.0. The molecule has 2 heterocycles. The molecule has 114 valence electrons. The highest BCUT2D eigenvalue weighted by Gasteiger charge is 2.07. The molecule has 4 nitrogen and oxygen atoms in total. The van der Waals surface area contributed by atoms with Crippen molar-refractivity contribution in [3.8, 4) is 0 Å².